The molecule has 3 heterocycles. The normalized spacial score (nSPS) is 20.2. The van der Waals surface area contributed by atoms with Crippen molar-refractivity contribution in [2.45, 2.75) is 39.5 Å². The first-order valence-corrected chi connectivity index (χ1v) is 10.9. The fourth-order valence-corrected chi connectivity index (χ4v) is 5.00. The Morgan fingerprint density at radius 3 is 2.69 bits per heavy atom. The number of H-pyrrole nitrogens is 1. The van der Waals surface area contributed by atoms with Crippen molar-refractivity contribution < 1.29 is 9.59 Å². The lowest BCUT2D eigenvalue weighted by atomic mass is 9.68. The van der Waals surface area contributed by atoms with Gasteiger partial charge in [-0.15, -0.1) is 0 Å². The molecule has 1 aliphatic carbocycles. The van der Waals surface area contributed by atoms with Crippen molar-refractivity contribution in [3.8, 4) is 0 Å². The summed E-state index contributed by atoms with van der Waals surface area (Å²) in [5.74, 6) is -0.135. The number of hydrogen-bond donors (Lipinski definition) is 3. The molecule has 0 bridgehead atoms. The molecule has 6 nitrogen and oxygen atoms in total. The van der Waals surface area contributed by atoms with Gasteiger partial charge in [-0.25, -0.2) is 4.98 Å². The van der Waals surface area contributed by atoms with Crippen molar-refractivity contribution in [1.29, 1.82) is 0 Å². The Hall–Kier alpha value is -3.67. The second-order valence-electron chi connectivity index (χ2n) is 9.39. The number of Topliss-reactive ketones (excluding diaryl/α,β-unsaturated/α-hetero) is 1. The van der Waals surface area contributed by atoms with Gasteiger partial charge in [0.05, 0.1) is 0 Å². The summed E-state index contributed by atoms with van der Waals surface area (Å²) >= 11 is 0. The Morgan fingerprint density at radius 2 is 1.91 bits per heavy atom. The minimum absolute atomic E-state index is 0.0923. The summed E-state index contributed by atoms with van der Waals surface area (Å²) in [6.45, 7) is 6.13. The second-order valence-corrected chi connectivity index (χ2v) is 9.39. The van der Waals surface area contributed by atoms with E-state index in [0.29, 0.717) is 23.4 Å². The van der Waals surface area contributed by atoms with Gasteiger partial charge in [-0.2, -0.15) is 0 Å². The van der Waals surface area contributed by atoms with Crippen molar-refractivity contribution in [2.24, 2.45) is 5.41 Å². The molecule has 1 aromatic carbocycles. The Morgan fingerprint density at radius 1 is 1.12 bits per heavy atom. The predicted octanol–water partition coefficient (Wildman–Crippen LogP) is 4.81. The van der Waals surface area contributed by atoms with E-state index >= 15 is 0 Å². The second kappa shape index (κ2) is 7.48. The Kier molecular flexibility index (Phi) is 4.73. The quantitative estimate of drug-likeness (QED) is 0.561. The summed E-state index contributed by atoms with van der Waals surface area (Å²) < 4.78 is 0. The Balaban J connectivity index is 1.67. The van der Waals surface area contributed by atoms with Gasteiger partial charge in [0.1, 0.15) is 5.82 Å². The number of rotatable bonds is 3. The molecule has 6 heteroatoms. The van der Waals surface area contributed by atoms with Crippen molar-refractivity contribution >= 4 is 28.4 Å². The Bertz CT molecular complexity index is 1300. The van der Waals surface area contributed by atoms with E-state index in [4.69, 9.17) is 0 Å². The van der Waals surface area contributed by atoms with Gasteiger partial charge < -0.3 is 15.6 Å². The van der Waals surface area contributed by atoms with Crippen LogP contribution in [0.4, 0.5) is 5.82 Å². The van der Waals surface area contributed by atoms with Crippen molar-refractivity contribution in [1.82, 2.24) is 15.3 Å². The molecular formula is C26H26N4O2. The lowest BCUT2D eigenvalue weighted by Gasteiger charge is -2.39. The molecule has 0 spiro atoms. The van der Waals surface area contributed by atoms with Gasteiger partial charge in [-0.1, -0.05) is 38.1 Å². The van der Waals surface area contributed by atoms with Gasteiger partial charge in [0.15, 0.2) is 5.78 Å². The first kappa shape index (κ1) is 20.2. The maximum atomic E-state index is 13.5. The number of carbonyl (C=O) groups is 2. The minimum atomic E-state index is -0.449. The van der Waals surface area contributed by atoms with E-state index < -0.39 is 5.92 Å². The summed E-state index contributed by atoms with van der Waals surface area (Å²) in [6, 6.07) is 13.4. The summed E-state index contributed by atoms with van der Waals surface area (Å²) in [5.41, 5.74) is 4.73. The van der Waals surface area contributed by atoms with Crippen molar-refractivity contribution in [3.05, 3.63) is 83.0 Å². The number of carbonyl (C=O) groups excluding carboxylic acids is 2. The number of nitrogens with zero attached hydrogens (tertiary/aromatic N) is 1. The molecule has 1 amide bonds. The molecule has 0 fully saturated rings. The van der Waals surface area contributed by atoms with E-state index in [-0.39, 0.29) is 17.1 Å². The fourth-order valence-electron chi connectivity index (χ4n) is 5.00. The molecule has 3 aromatic rings. The molecule has 0 saturated carbocycles. The number of nitrogens with one attached hydrogen (secondary N) is 3. The highest BCUT2D eigenvalue weighted by molar-refractivity contribution is 6.10. The zero-order valence-corrected chi connectivity index (χ0v) is 18.5. The van der Waals surface area contributed by atoms with Crippen LogP contribution < -0.4 is 10.6 Å². The number of dihydropyridines is 1. The molecule has 162 valence electrons. The number of benzene rings is 1. The maximum absolute atomic E-state index is 13.5. The molecule has 2 aliphatic rings. The van der Waals surface area contributed by atoms with Gasteiger partial charge >= 0.3 is 0 Å². The van der Waals surface area contributed by atoms with Gasteiger partial charge in [0, 0.05) is 58.2 Å². The zero-order chi connectivity index (χ0) is 22.5. The standard InChI is InChI=1S/C26H26N4O2/c1-15-22(25(32)30-21-10-6-7-11-27-21)23(17-14-28-18-9-5-4-8-16(17)18)24-19(29-15)12-26(2,3)13-20(24)31/h4-11,14,23,28-29H,12-13H2,1-3H3,(H,27,30,32). The van der Waals surface area contributed by atoms with Crippen LogP contribution in [0.3, 0.4) is 0 Å². The largest absolute Gasteiger partial charge is 0.362 e. The van der Waals surface area contributed by atoms with E-state index in [1.807, 2.05) is 43.5 Å². The number of ketones is 1. The summed E-state index contributed by atoms with van der Waals surface area (Å²) in [6.07, 6.45) is 4.79. The van der Waals surface area contributed by atoms with Crippen LogP contribution in [0.1, 0.15) is 45.1 Å². The lowest BCUT2D eigenvalue weighted by molar-refractivity contribution is -0.118. The average molecular weight is 427 g/mol. The number of allylic oxidation sites excluding steroid dienone is 3. The number of para-hydroxylation sites is 1. The number of aromatic nitrogens is 2. The molecule has 0 saturated heterocycles. The first-order valence-electron chi connectivity index (χ1n) is 10.9. The van der Waals surface area contributed by atoms with Gasteiger partial charge in [-0.3, -0.25) is 9.59 Å². The highest BCUT2D eigenvalue weighted by Crippen LogP contribution is 2.48. The van der Waals surface area contributed by atoms with Crippen LogP contribution in [0.25, 0.3) is 10.9 Å². The molecule has 1 unspecified atom stereocenters. The van der Waals surface area contributed by atoms with Gasteiger partial charge in [0.25, 0.3) is 5.91 Å². The van der Waals surface area contributed by atoms with Crippen LogP contribution in [0.15, 0.2) is 77.4 Å². The lowest BCUT2D eigenvalue weighted by Crippen LogP contribution is -2.39. The van der Waals surface area contributed by atoms with Crippen LogP contribution >= 0.6 is 0 Å². The monoisotopic (exact) mass is 426 g/mol. The van der Waals surface area contributed by atoms with Crippen molar-refractivity contribution in [3.63, 3.8) is 0 Å². The summed E-state index contributed by atoms with van der Waals surface area (Å²) in [4.78, 5) is 34.5. The van der Waals surface area contributed by atoms with Crippen LogP contribution in [0.2, 0.25) is 0 Å². The number of fused-ring (bicyclic) bond motifs is 1. The smallest absolute Gasteiger partial charge is 0.255 e. The van der Waals surface area contributed by atoms with E-state index in [0.717, 1.165) is 34.3 Å². The number of anilines is 1. The number of hydrogen-bond acceptors (Lipinski definition) is 4. The fraction of sp³-hybridized carbons (Fsp3) is 0.269. The van der Waals surface area contributed by atoms with E-state index in [1.54, 1.807) is 18.3 Å². The third kappa shape index (κ3) is 3.42. The SMILES string of the molecule is CC1=C(C(=O)Nc2ccccn2)C(c2c[nH]c3ccccc23)C2=C(CC(C)(C)CC2=O)N1. The topological polar surface area (TPSA) is 86.9 Å². The Labute approximate surface area is 186 Å². The minimum Gasteiger partial charge on any atom is -0.362 e. The van der Waals surface area contributed by atoms with E-state index in [2.05, 4.69) is 34.4 Å². The predicted molar refractivity (Wildman–Crippen MR) is 125 cm³/mol. The highest BCUT2D eigenvalue weighted by atomic mass is 16.2. The van der Waals surface area contributed by atoms with Crippen molar-refractivity contribution in [2.75, 3.05) is 5.32 Å². The first-order chi connectivity index (χ1) is 15.3. The van der Waals surface area contributed by atoms with Crippen LogP contribution in [-0.4, -0.2) is 21.7 Å². The molecular weight excluding hydrogens is 400 g/mol. The third-order valence-electron chi connectivity index (χ3n) is 6.32. The molecule has 3 N–H and O–H groups in total. The number of pyridine rings is 1. The molecule has 5 rings (SSSR count). The third-order valence-corrected chi connectivity index (χ3v) is 6.32. The maximum Gasteiger partial charge on any atom is 0.255 e. The van der Waals surface area contributed by atoms with Crippen LogP contribution in [0, 0.1) is 5.41 Å². The van der Waals surface area contributed by atoms with E-state index in [1.165, 1.54) is 0 Å². The summed E-state index contributed by atoms with van der Waals surface area (Å²) in [5, 5.41) is 7.34. The number of amides is 1. The molecule has 1 aliphatic heterocycles. The summed E-state index contributed by atoms with van der Waals surface area (Å²) in [7, 11) is 0. The molecule has 2 aromatic heterocycles. The average Bonchev–Trinajstić information content (AvgIpc) is 3.16. The molecule has 32 heavy (non-hydrogen) atoms. The highest BCUT2D eigenvalue weighted by Gasteiger charge is 2.43. The number of aromatic amines is 1. The van der Waals surface area contributed by atoms with E-state index in [9.17, 15) is 9.59 Å². The van der Waals surface area contributed by atoms with Gasteiger partial charge in [-0.05, 0) is 42.5 Å². The van der Waals surface area contributed by atoms with Crippen LogP contribution in [-0.2, 0) is 9.59 Å². The van der Waals surface area contributed by atoms with Gasteiger partial charge in [0.2, 0.25) is 0 Å². The van der Waals surface area contributed by atoms with Crippen LogP contribution in [0.5, 0.6) is 0 Å². The molecule has 0 radical (unpaired) electrons. The molecule has 1 atom stereocenters. The zero-order valence-electron chi connectivity index (χ0n) is 18.5.